The minimum Gasteiger partial charge on any atom is -0.324 e. The summed E-state index contributed by atoms with van der Waals surface area (Å²) in [5, 5.41) is 7.12. The number of H-pyrrole nitrogens is 2. The van der Waals surface area contributed by atoms with Crippen molar-refractivity contribution in [1.29, 1.82) is 0 Å². The number of aromatic amines is 2. The van der Waals surface area contributed by atoms with Gasteiger partial charge in [-0.1, -0.05) is 86.8 Å². The molecule has 0 spiro atoms. The van der Waals surface area contributed by atoms with Gasteiger partial charge in [0.2, 0.25) is 0 Å². The first-order chi connectivity index (χ1) is 19.9. The minimum absolute atomic E-state index is 0.193. The lowest BCUT2D eigenvalue weighted by molar-refractivity contribution is 0.242. The molecule has 2 aliphatic carbocycles. The van der Waals surface area contributed by atoms with Crippen molar-refractivity contribution in [3.8, 4) is 11.6 Å². The second-order valence-electron chi connectivity index (χ2n) is 11.5. The number of benzene rings is 1. The summed E-state index contributed by atoms with van der Waals surface area (Å²) < 4.78 is 2.40. The number of nitrogens with one attached hydrogen (secondary N) is 2. The maximum atomic E-state index is 11.9. The first-order valence-corrected chi connectivity index (χ1v) is 15.0. The Balaban J connectivity index is 1.64. The highest BCUT2D eigenvalue weighted by Gasteiger charge is 2.45. The summed E-state index contributed by atoms with van der Waals surface area (Å²) in [7, 11) is 0. The predicted molar refractivity (Wildman–Crippen MR) is 164 cm³/mol. The number of hydrogen-bond acceptors (Lipinski definition) is 5. The lowest BCUT2D eigenvalue weighted by atomic mass is 9.63. The molecule has 41 heavy (non-hydrogen) atoms. The molecule has 0 saturated heterocycles. The molecule has 6 rings (SSSR count). The molecule has 0 radical (unpaired) electrons. The third-order valence-corrected chi connectivity index (χ3v) is 9.24. The highest BCUT2D eigenvalue weighted by Crippen LogP contribution is 2.50. The molecule has 212 valence electrons. The largest absolute Gasteiger partial charge is 0.341 e. The quantitative estimate of drug-likeness (QED) is 0.224. The summed E-state index contributed by atoms with van der Waals surface area (Å²) in [5.41, 5.74) is 3.55. The van der Waals surface area contributed by atoms with Gasteiger partial charge in [-0.25, -0.2) is 24.8 Å². The molecule has 2 aliphatic rings. The number of nitrogens with zero attached hydrogens (tertiary/aromatic N) is 5. The molecule has 2 N–H and O–H groups in total. The van der Waals surface area contributed by atoms with Crippen molar-refractivity contribution in [3.05, 3.63) is 87.7 Å². The monoisotopic (exact) mass is 569 g/mol. The Labute approximate surface area is 244 Å². The van der Waals surface area contributed by atoms with Crippen LogP contribution in [0.5, 0.6) is 0 Å². The standard InChI is InChI=1S/C32H36ClN7O/c1-4-22(18-24(33)5-2)25-26-27(35-28(34-25)29-37-31(41)39-38-29)36-30(40(26)19-21-14-12-20(3)13-15-21)32(16-9-17-32)23-10-7-6-8-11-23/h4-8,10-11,18,20-21H,1,9,12-17,19H2,2-3H3,(H2,37,38,39,41)/b22-18+,24-5+/t20-,21-. The van der Waals surface area contributed by atoms with E-state index in [0.29, 0.717) is 28.1 Å². The van der Waals surface area contributed by atoms with Crippen molar-refractivity contribution < 1.29 is 0 Å². The van der Waals surface area contributed by atoms with Crippen molar-refractivity contribution in [1.82, 2.24) is 34.7 Å². The third-order valence-electron chi connectivity index (χ3n) is 8.92. The van der Waals surface area contributed by atoms with Crippen LogP contribution in [0.3, 0.4) is 0 Å². The van der Waals surface area contributed by atoms with E-state index in [9.17, 15) is 4.79 Å². The summed E-state index contributed by atoms with van der Waals surface area (Å²) in [6, 6.07) is 10.7. The number of rotatable bonds is 8. The second kappa shape index (κ2) is 11.2. The molecule has 3 heterocycles. The van der Waals surface area contributed by atoms with Crippen molar-refractivity contribution in [2.24, 2.45) is 11.8 Å². The first kappa shape index (κ1) is 27.4. The normalized spacial score (nSPS) is 21.1. The third kappa shape index (κ3) is 5.10. The van der Waals surface area contributed by atoms with Crippen LogP contribution in [0.1, 0.15) is 75.9 Å². The molecule has 2 saturated carbocycles. The molecule has 1 aromatic carbocycles. The molecule has 3 aromatic heterocycles. The number of hydrogen-bond donors (Lipinski definition) is 2. The molecule has 2 fully saturated rings. The summed E-state index contributed by atoms with van der Waals surface area (Å²) >= 11 is 6.50. The molecular formula is C32H36ClN7O. The van der Waals surface area contributed by atoms with E-state index in [-0.39, 0.29) is 11.2 Å². The maximum absolute atomic E-state index is 11.9. The number of halogens is 1. The van der Waals surface area contributed by atoms with Crippen LogP contribution in [0, 0.1) is 11.8 Å². The number of allylic oxidation sites excluding steroid dienone is 5. The smallest absolute Gasteiger partial charge is 0.324 e. The van der Waals surface area contributed by atoms with E-state index in [2.05, 4.69) is 63.6 Å². The zero-order valence-electron chi connectivity index (χ0n) is 23.7. The fourth-order valence-corrected chi connectivity index (χ4v) is 6.53. The number of imidazole rings is 1. The van der Waals surface area contributed by atoms with Crippen LogP contribution >= 0.6 is 11.6 Å². The van der Waals surface area contributed by atoms with Crippen LogP contribution in [0.4, 0.5) is 0 Å². The van der Waals surface area contributed by atoms with Gasteiger partial charge in [0.15, 0.2) is 17.3 Å². The van der Waals surface area contributed by atoms with Crippen LogP contribution in [0.25, 0.3) is 28.4 Å². The van der Waals surface area contributed by atoms with Gasteiger partial charge < -0.3 is 4.57 Å². The van der Waals surface area contributed by atoms with Gasteiger partial charge in [-0.2, -0.15) is 0 Å². The molecule has 0 aliphatic heterocycles. The van der Waals surface area contributed by atoms with Crippen LogP contribution in [0.15, 0.2) is 65.0 Å². The lowest BCUT2D eigenvalue weighted by Crippen LogP contribution is -2.39. The fourth-order valence-electron chi connectivity index (χ4n) is 6.42. The predicted octanol–water partition coefficient (Wildman–Crippen LogP) is 6.91. The minimum atomic E-state index is -0.420. The van der Waals surface area contributed by atoms with Crippen molar-refractivity contribution in [3.63, 3.8) is 0 Å². The summed E-state index contributed by atoms with van der Waals surface area (Å²) in [5.74, 6) is 2.90. The highest BCUT2D eigenvalue weighted by molar-refractivity contribution is 6.31. The van der Waals surface area contributed by atoms with E-state index >= 15 is 0 Å². The van der Waals surface area contributed by atoms with Gasteiger partial charge in [0.05, 0.1) is 5.41 Å². The van der Waals surface area contributed by atoms with E-state index < -0.39 is 5.69 Å². The Morgan fingerprint density at radius 1 is 1.15 bits per heavy atom. The summed E-state index contributed by atoms with van der Waals surface area (Å²) in [4.78, 5) is 29.8. The highest BCUT2D eigenvalue weighted by atomic mass is 35.5. The SMILES string of the molecule is C=C/C(=C\C(Cl)=C/C)c1nc(-c2n[nH]c(=O)[nH]2)nc2nc(C3(c4ccccc4)CCC3)n(C[C@H]3CC[C@H](C)CC3)c12. The molecule has 0 bridgehead atoms. The fraction of sp³-hybridized carbons (Fsp3) is 0.406. The zero-order valence-corrected chi connectivity index (χ0v) is 24.4. The van der Waals surface area contributed by atoms with Crippen molar-refractivity contribution in [2.75, 3.05) is 0 Å². The molecule has 8 nitrogen and oxygen atoms in total. The Morgan fingerprint density at radius 2 is 1.90 bits per heavy atom. The molecule has 0 unspecified atom stereocenters. The molecule has 9 heteroatoms. The van der Waals surface area contributed by atoms with Gasteiger partial charge in [0.25, 0.3) is 0 Å². The van der Waals surface area contributed by atoms with Crippen LogP contribution in [0.2, 0.25) is 0 Å². The van der Waals surface area contributed by atoms with Crippen LogP contribution in [-0.4, -0.2) is 34.7 Å². The van der Waals surface area contributed by atoms with Crippen LogP contribution < -0.4 is 5.69 Å². The molecule has 4 aromatic rings. The van der Waals surface area contributed by atoms with Crippen molar-refractivity contribution >= 4 is 28.3 Å². The topological polar surface area (TPSA) is 105 Å². The van der Waals surface area contributed by atoms with E-state index in [1.165, 1.54) is 31.2 Å². The zero-order chi connectivity index (χ0) is 28.6. The average molecular weight is 570 g/mol. The van der Waals surface area contributed by atoms with Gasteiger partial charge >= 0.3 is 5.69 Å². The van der Waals surface area contributed by atoms with Gasteiger partial charge in [-0.05, 0) is 56.1 Å². The van der Waals surface area contributed by atoms with E-state index in [0.717, 1.165) is 48.6 Å². The van der Waals surface area contributed by atoms with Gasteiger partial charge in [-0.3, -0.25) is 4.98 Å². The van der Waals surface area contributed by atoms with E-state index in [4.69, 9.17) is 26.6 Å². The molecular weight excluding hydrogens is 534 g/mol. The van der Waals surface area contributed by atoms with Gasteiger partial charge in [-0.15, -0.1) is 5.10 Å². The number of fused-ring (bicyclic) bond motifs is 1. The summed E-state index contributed by atoms with van der Waals surface area (Å²) in [6.07, 6.45) is 13.5. The Hall–Kier alpha value is -3.78. The Morgan fingerprint density at radius 3 is 2.51 bits per heavy atom. The molecule has 0 amide bonds. The van der Waals surface area contributed by atoms with Crippen LogP contribution in [-0.2, 0) is 12.0 Å². The average Bonchev–Trinajstić information content (AvgIpc) is 3.56. The maximum Gasteiger partial charge on any atom is 0.341 e. The van der Waals surface area contributed by atoms with E-state index in [1.54, 1.807) is 6.08 Å². The van der Waals surface area contributed by atoms with Gasteiger partial charge in [0, 0.05) is 17.2 Å². The lowest BCUT2D eigenvalue weighted by Gasteiger charge is -2.42. The first-order valence-electron chi connectivity index (χ1n) is 14.6. The Kier molecular flexibility index (Phi) is 7.51. The molecule has 0 atom stereocenters. The van der Waals surface area contributed by atoms with Gasteiger partial charge in [0.1, 0.15) is 17.0 Å². The second-order valence-corrected chi connectivity index (χ2v) is 12.0. The Bertz CT molecular complexity index is 1680. The van der Waals surface area contributed by atoms with E-state index in [1.807, 2.05) is 19.1 Å². The summed E-state index contributed by atoms with van der Waals surface area (Å²) in [6.45, 7) is 9.19. The van der Waals surface area contributed by atoms with Crippen molar-refractivity contribution in [2.45, 2.75) is 70.8 Å². The number of aromatic nitrogens is 7.